The van der Waals surface area contributed by atoms with Crippen LogP contribution in [0.1, 0.15) is 24.5 Å². The number of benzene rings is 1. The van der Waals surface area contributed by atoms with Gasteiger partial charge in [0.1, 0.15) is 0 Å². The van der Waals surface area contributed by atoms with Crippen LogP contribution in [0.2, 0.25) is 10.0 Å². The largest absolute Gasteiger partial charge is 0.387 e. The van der Waals surface area contributed by atoms with E-state index >= 15 is 0 Å². The van der Waals surface area contributed by atoms with Crippen molar-refractivity contribution in [3.8, 4) is 0 Å². The molecule has 1 unspecified atom stereocenters. The first kappa shape index (κ1) is 19.5. The van der Waals surface area contributed by atoms with E-state index in [0.717, 1.165) is 13.0 Å². The van der Waals surface area contributed by atoms with E-state index < -0.39 is 6.10 Å². The minimum atomic E-state index is -0.815. The zero-order valence-corrected chi connectivity index (χ0v) is 13.5. The van der Waals surface area contributed by atoms with Gasteiger partial charge >= 0.3 is 0 Å². The summed E-state index contributed by atoms with van der Waals surface area (Å²) in [5.74, 6) is -0.0811. The summed E-state index contributed by atoms with van der Waals surface area (Å²) in [7, 11) is 1.84. The van der Waals surface area contributed by atoms with Gasteiger partial charge < -0.3 is 15.7 Å². The molecule has 1 rings (SSSR count). The lowest BCUT2D eigenvalue weighted by Gasteiger charge is -2.13. The Kier molecular flexibility index (Phi) is 9.98. The average molecular weight is 342 g/mol. The predicted molar refractivity (Wildman–Crippen MR) is 84.8 cm³/mol. The molecule has 7 heteroatoms. The third-order valence-electron chi connectivity index (χ3n) is 2.59. The predicted octanol–water partition coefficient (Wildman–Crippen LogP) is 2.56. The monoisotopic (exact) mass is 340 g/mol. The molecule has 1 aromatic carbocycles. The van der Waals surface area contributed by atoms with E-state index in [1.165, 1.54) is 0 Å². The number of aliphatic hydroxyl groups is 1. The number of nitrogens with one attached hydrogen (secondary N) is 2. The highest BCUT2D eigenvalue weighted by molar-refractivity contribution is 6.34. The number of hydrogen-bond acceptors (Lipinski definition) is 3. The van der Waals surface area contributed by atoms with Crippen LogP contribution in [0.25, 0.3) is 0 Å². The number of carbonyl (C=O) groups is 1. The molecule has 0 aliphatic carbocycles. The van der Waals surface area contributed by atoms with Gasteiger partial charge in [-0.1, -0.05) is 23.2 Å². The summed E-state index contributed by atoms with van der Waals surface area (Å²) < 4.78 is 0. The first-order valence-corrected chi connectivity index (χ1v) is 6.84. The Morgan fingerprint density at radius 2 is 1.90 bits per heavy atom. The molecule has 20 heavy (non-hydrogen) atoms. The van der Waals surface area contributed by atoms with Crippen molar-refractivity contribution in [3.63, 3.8) is 0 Å². The summed E-state index contributed by atoms with van der Waals surface area (Å²) >= 11 is 11.7. The van der Waals surface area contributed by atoms with Crippen LogP contribution >= 0.6 is 35.6 Å². The number of carbonyl (C=O) groups excluding carboxylic acids is 1. The Bertz CT molecular complexity index is 410. The average Bonchev–Trinajstić information content (AvgIpc) is 2.35. The molecule has 0 aromatic heterocycles. The van der Waals surface area contributed by atoms with Gasteiger partial charge in [-0.05, 0) is 43.8 Å². The molecule has 0 aliphatic heterocycles. The summed E-state index contributed by atoms with van der Waals surface area (Å²) in [6, 6.07) is 4.85. The highest BCUT2D eigenvalue weighted by Gasteiger charge is 2.11. The third-order valence-corrected chi connectivity index (χ3v) is 3.03. The lowest BCUT2D eigenvalue weighted by Crippen LogP contribution is -2.28. The Morgan fingerprint density at radius 3 is 2.45 bits per heavy atom. The smallest absolute Gasteiger partial charge is 0.220 e. The van der Waals surface area contributed by atoms with Crippen molar-refractivity contribution < 1.29 is 9.90 Å². The van der Waals surface area contributed by atoms with Gasteiger partial charge in [-0.25, -0.2) is 0 Å². The Balaban J connectivity index is 0.00000361. The van der Waals surface area contributed by atoms with Crippen LogP contribution in [-0.4, -0.2) is 31.2 Å². The van der Waals surface area contributed by atoms with E-state index in [1.807, 2.05) is 7.05 Å². The molecule has 0 radical (unpaired) electrons. The highest BCUT2D eigenvalue weighted by atomic mass is 35.5. The van der Waals surface area contributed by atoms with Gasteiger partial charge in [0.15, 0.2) is 0 Å². The second-order valence-electron chi connectivity index (χ2n) is 4.23. The standard InChI is InChI=1S/C13H18Cl2N2O2.ClH/c1-16-4-2-3-13(19)17-8-12(18)9-5-10(14)7-11(15)6-9;/h5-7,12,16,18H,2-4,8H2,1H3,(H,17,19);1H. The van der Waals surface area contributed by atoms with Gasteiger partial charge in [-0.15, -0.1) is 12.4 Å². The molecule has 0 saturated carbocycles. The summed E-state index contributed by atoms with van der Waals surface area (Å²) in [6.45, 7) is 0.939. The fourth-order valence-corrected chi connectivity index (χ4v) is 2.15. The van der Waals surface area contributed by atoms with Crippen molar-refractivity contribution >= 4 is 41.5 Å². The molecule has 0 spiro atoms. The Labute approximate surface area is 135 Å². The van der Waals surface area contributed by atoms with E-state index in [4.69, 9.17) is 23.2 Å². The molecule has 1 aromatic rings. The third kappa shape index (κ3) is 7.31. The second-order valence-corrected chi connectivity index (χ2v) is 5.10. The van der Waals surface area contributed by atoms with Gasteiger partial charge in [0, 0.05) is 23.0 Å². The van der Waals surface area contributed by atoms with Gasteiger partial charge in [0.2, 0.25) is 5.91 Å². The summed E-state index contributed by atoms with van der Waals surface area (Å²) in [5.41, 5.74) is 0.591. The fraction of sp³-hybridized carbons (Fsp3) is 0.462. The van der Waals surface area contributed by atoms with Crippen molar-refractivity contribution in [3.05, 3.63) is 33.8 Å². The minimum Gasteiger partial charge on any atom is -0.387 e. The van der Waals surface area contributed by atoms with E-state index in [9.17, 15) is 9.90 Å². The molecule has 4 nitrogen and oxygen atoms in total. The van der Waals surface area contributed by atoms with E-state index in [0.29, 0.717) is 22.0 Å². The number of aliphatic hydroxyl groups excluding tert-OH is 1. The Hall–Kier alpha value is -0.520. The Morgan fingerprint density at radius 1 is 1.30 bits per heavy atom. The first-order chi connectivity index (χ1) is 9.02. The second kappa shape index (κ2) is 10.2. The van der Waals surface area contributed by atoms with Crippen molar-refractivity contribution in [2.24, 2.45) is 0 Å². The molecule has 0 heterocycles. The van der Waals surface area contributed by atoms with Crippen molar-refractivity contribution in [1.29, 1.82) is 0 Å². The zero-order valence-electron chi connectivity index (χ0n) is 11.2. The number of rotatable bonds is 7. The maximum absolute atomic E-state index is 11.5. The minimum absolute atomic E-state index is 0. The van der Waals surface area contributed by atoms with Crippen LogP contribution in [0.3, 0.4) is 0 Å². The van der Waals surface area contributed by atoms with Gasteiger partial charge in [-0.3, -0.25) is 4.79 Å². The lowest BCUT2D eigenvalue weighted by molar-refractivity contribution is -0.121. The molecular weight excluding hydrogens is 323 g/mol. The molecule has 1 amide bonds. The van der Waals surface area contributed by atoms with Crippen LogP contribution in [0.5, 0.6) is 0 Å². The zero-order chi connectivity index (χ0) is 14.3. The topological polar surface area (TPSA) is 61.4 Å². The van der Waals surface area contributed by atoms with Crippen molar-refractivity contribution in [2.75, 3.05) is 20.1 Å². The van der Waals surface area contributed by atoms with E-state index in [-0.39, 0.29) is 24.9 Å². The normalized spacial score (nSPS) is 11.6. The van der Waals surface area contributed by atoms with Crippen LogP contribution in [0.15, 0.2) is 18.2 Å². The summed E-state index contributed by atoms with van der Waals surface area (Å²) in [4.78, 5) is 11.5. The number of halogens is 3. The molecular formula is C13H19Cl3N2O2. The molecule has 114 valence electrons. The van der Waals surface area contributed by atoms with Gasteiger partial charge in [0.25, 0.3) is 0 Å². The number of hydrogen-bond donors (Lipinski definition) is 3. The quantitative estimate of drug-likeness (QED) is 0.668. The van der Waals surface area contributed by atoms with Crippen molar-refractivity contribution in [2.45, 2.75) is 18.9 Å². The molecule has 0 bridgehead atoms. The van der Waals surface area contributed by atoms with Crippen LogP contribution in [0, 0.1) is 0 Å². The summed E-state index contributed by atoms with van der Waals surface area (Å²) in [5, 5.41) is 16.5. The maximum atomic E-state index is 11.5. The summed E-state index contributed by atoms with van der Waals surface area (Å²) in [6.07, 6.45) is 0.384. The molecule has 0 fully saturated rings. The molecule has 0 saturated heterocycles. The van der Waals surface area contributed by atoms with Gasteiger partial charge in [-0.2, -0.15) is 0 Å². The van der Waals surface area contributed by atoms with Gasteiger partial charge in [0.05, 0.1) is 6.10 Å². The highest BCUT2D eigenvalue weighted by Crippen LogP contribution is 2.23. The lowest BCUT2D eigenvalue weighted by atomic mass is 10.1. The SMILES string of the molecule is CNCCCC(=O)NCC(O)c1cc(Cl)cc(Cl)c1.Cl. The molecule has 1 atom stereocenters. The van der Waals surface area contributed by atoms with E-state index in [1.54, 1.807) is 18.2 Å². The van der Waals surface area contributed by atoms with E-state index in [2.05, 4.69) is 10.6 Å². The number of amides is 1. The molecule has 3 N–H and O–H groups in total. The van der Waals surface area contributed by atoms with Crippen LogP contribution in [-0.2, 0) is 4.79 Å². The molecule has 0 aliphatic rings. The van der Waals surface area contributed by atoms with Crippen molar-refractivity contribution in [1.82, 2.24) is 10.6 Å². The van der Waals surface area contributed by atoms with Crippen LogP contribution < -0.4 is 10.6 Å². The van der Waals surface area contributed by atoms with Crippen LogP contribution in [0.4, 0.5) is 0 Å². The maximum Gasteiger partial charge on any atom is 0.220 e. The fourth-order valence-electron chi connectivity index (χ4n) is 1.61. The first-order valence-electron chi connectivity index (χ1n) is 6.08.